The average Bonchev–Trinajstić information content (AvgIpc) is 0.723. The molecule has 4 aromatic rings. The van der Waals surface area contributed by atoms with Gasteiger partial charge in [-0.25, -0.2) is 28.8 Å². The maximum atomic E-state index is 14.1. The molecular formula is C66H90N6O24. The van der Waals surface area contributed by atoms with Crippen LogP contribution in [0, 0.1) is 0 Å². The van der Waals surface area contributed by atoms with E-state index in [-0.39, 0.29) is 32.3 Å². The zero-order valence-corrected chi connectivity index (χ0v) is 58.7. The monoisotopic (exact) mass is 1350 g/mol. The summed E-state index contributed by atoms with van der Waals surface area (Å²) < 4.78 is 72.2. The van der Waals surface area contributed by atoms with Crippen LogP contribution in [0.2, 0.25) is 0 Å². The number of esters is 6. The largest absolute Gasteiger partial charge is 0.456 e. The molecule has 0 aromatic heterocycles. The molecule has 0 aliphatic carbocycles. The number of carbonyl (C=O) groups is 12. The van der Waals surface area contributed by atoms with E-state index in [1.165, 1.54) is 161 Å². The van der Waals surface area contributed by atoms with Crippen molar-refractivity contribution in [3.8, 4) is 34.5 Å². The molecule has 30 heteroatoms. The Balaban J connectivity index is 2.58. The lowest BCUT2D eigenvalue weighted by Crippen LogP contribution is -2.48. The number of hydrogen-bond donors (Lipinski definition) is 6. The summed E-state index contributed by atoms with van der Waals surface area (Å²) in [6.07, 6.45) is -12.2. The molecule has 0 aliphatic heterocycles. The Kier molecular flexibility index (Phi) is 25.1. The van der Waals surface area contributed by atoms with Crippen LogP contribution in [0.5, 0.6) is 34.5 Å². The first-order valence-electron chi connectivity index (χ1n) is 30.2. The van der Waals surface area contributed by atoms with E-state index in [0.29, 0.717) is 0 Å². The summed E-state index contributed by atoms with van der Waals surface area (Å²) >= 11 is 0. The summed E-state index contributed by atoms with van der Waals surface area (Å²) in [7, 11) is 0. The quantitative estimate of drug-likeness (QED) is 0.0195. The molecule has 96 heavy (non-hydrogen) atoms. The third kappa shape index (κ3) is 25.1. The highest BCUT2D eigenvalue weighted by atomic mass is 16.6. The topological polar surface area (TPSA) is 388 Å². The summed E-state index contributed by atoms with van der Waals surface area (Å²) in [5.74, 6) is -14.8. The first-order valence-corrected chi connectivity index (χ1v) is 30.2. The maximum Gasteiger partial charge on any atom is 0.369 e. The summed E-state index contributed by atoms with van der Waals surface area (Å²) in [6.45, 7) is 34.1. The van der Waals surface area contributed by atoms with Gasteiger partial charge in [-0.15, -0.1) is 0 Å². The molecular weight excluding hydrogens is 1260 g/mol. The van der Waals surface area contributed by atoms with E-state index in [4.69, 9.17) is 56.8 Å². The summed E-state index contributed by atoms with van der Waals surface area (Å²) in [4.78, 5) is 163. The summed E-state index contributed by atoms with van der Waals surface area (Å²) in [5.41, 5.74) is -7.20. The Morgan fingerprint density at radius 2 is 0.333 bits per heavy atom. The van der Waals surface area contributed by atoms with Gasteiger partial charge in [-0.3, -0.25) is 28.8 Å². The molecule has 0 heterocycles. The smallest absolute Gasteiger partial charge is 0.369 e. The van der Waals surface area contributed by atoms with E-state index in [0.717, 1.165) is 41.5 Å². The van der Waals surface area contributed by atoms with Gasteiger partial charge < -0.3 is 88.7 Å². The van der Waals surface area contributed by atoms with E-state index >= 15 is 0 Å². The van der Waals surface area contributed by atoms with E-state index in [1.54, 1.807) is 0 Å². The van der Waals surface area contributed by atoms with Crippen molar-refractivity contribution in [1.29, 1.82) is 0 Å². The third-order valence-corrected chi connectivity index (χ3v) is 11.3. The number of rotatable bonds is 24. The number of amides is 6. The summed E-state index contributed by atoms with van der Waals surface area (Å²) in [6, 6.07) is 7.40. The highest BCUT2D eigenvalue weighted by molar-refractivity contribution is 6.27. The molecule has 6 unspecified atom stereocenters. The first kappa shape index (κ1) is 78.5. The second-order valence-corrected chi connectivity index (χ2v) is 27.9. The van der Waals surface area contributed by atoms with Gasteiger partial charge in [0.25, 0.3) is 37.4 Å². The Bertz CT molecular complexity index is 3030. The SMILES string of the molecule is CC(=O)NC(Oc1cc2c3cc(OC(NC(C)=O)C(=O)OC(C)(C)C)c(OC(NC(C)=O)C(=O)OC(C)(C)C)cc3c3cc(OC(NC(C)=O)C(=O)OC(C)(C)C)c(OC(NC(C)=O)C(=O)OC(C)(C)C)cc3c2cc1OC(NC(C)=O)C(=O)OC(C)(C)C)C(=O)OC(C)(C)C. The highest BCUT2D eigenvalue weighted by Crippen LogP contribution is 2.48. The highest BCUT2D eigenvalue weighted by Gasteiger charge is 2.38. The van der Waals surface area contributed by atoms with Crippen LogP contribution >= 0.6 is 0 Å². The van der Waals surface area contributed by atoms with Crippen molar-refractivity contribution < 1.29 is 114 Å². The van der Waals surface area contributed by atoms with E-state index in [1.807, 2.05) is 0 Å². The van der Waals surface area contributed by atoms with Crippen molar-refractivity contribution in [3.05, 3.63) is 36.4 Å². The fraction of sp³-hybridized carbons (Fsp3) is 0.545. The number of ether oxygens (including phenoxy) is 12. The number of nitrogens with one attached hydrogen (secondary N) is 6. The third-order valence-electron chi connectivity index (χ3n) is 11.3. The molecule has 0 saturated carbocycles. The van der Waals surface area contributed by atoms with Crippen molar-refractivity contribution in [3.63, 3.8) is 0 Å². The second-order valence-electron chi connectivity index (χ2n) is 27.9. The molecule has 0 fully saturated rings. The van der Waals surface area contributed by atoms with Gasteiger partial charge in [-0.2, -0.15) is 0 Å². The zero-order valence-electron chi connectivity index (χ0n) is 58.7. The maximum absolute atomic E-state index is 14.1. The molecule has 6 atom stereocenters. The molecule has 6 N–H and O–H groups in total. The Hall–Kier alpha value is -9.90. The van der Waals surface area contributed by atoms with Gasteiger partial charge in [-0.05, 0) is 193 Å². The Labute approximate surface area is 556 Å². The van der Waals surface area contributed by atoms with Crippen LogP contribution in [-0.4, -0.2) is 142 Å². The molecule has 0 radical (unpaired) electrons. The number of carbonyl (C=O) groups excluding carboxylic acids is 12. The number of fused-ring (bicyclic) bond motifs is 6. The molecule has 6 amide bonds. The lowest BCUT2D eigenvalue weighted by atomic mass is 9.93. The molecule has 0 bridgehead atoms. The van der Waals surface area contributed by atoms with Crippen LogP contribution in [0.1, 0.15) is 166 Å². The van der Waals surface area contributed by atoms with E-state index in [2.05, 4.69) is 31.9 Å². The molecule has 30 nitrogen and oxygen atoms in total. The van der Waals surface area contributed by atoms with Crippen LogP contribution in [0.25, 0.3) is 32.3 Å². The van der Waals surface area contributed by atoms with Crippen LogP contribution < -0.4 is 60.3 Å². The van der Waals surface area contributed by atoms with Crippen molar-refractivity contribution in [2.45, 2.75) is 237 Å². The second kappa shape index (κ2) is 30.7. The predicted molar refractivity (Wildman–Crippen MR) is 343 cm³/mol. The minimum atomic E-state index is -2.03. The van der Waals surface area contributed by atoms with E-state index in [9.17, 15) is 57.5 Å². The number of benzene rings is 4. The fourth-order valence-corrected chi connectivity index (χ4v) is 8.39. The Morgan fingerprint density at radius 1 is 0.229 bits per heavy atom. The van der Waals surface area contributed by atoms with E-state index < -0.39 is 177 Å². The first-order chi connectivity index (χ1) is 43.7. The van der Waals surface area contributed by atoms with Crippen LogP contribution in [0.3, 0.4) is 0 Å². The minimum Gasteiger partial charge on any atom is -0.456 e. The minimum absolute atomic E-state index is 0.0238. The van der Waals surface area contributed by atoms with Gasteiger partial charge in [0.1, 0.15) is 33.6 Å². The fourth-order valence-electron chi connectivity index (χ4n) is 8.39. The van der Waals surface area contributed by atoms with Crippen LogP contribution in [0.4, 0.5) is 0 Å². The van der Waals surface area contributed by atoms with Crippen molar-refractivity contribution in [2.24, 2.45) is 0 Å². The zero-order chi connectivity index (χ0) is 73.3. The van der Waals surface area contributed by atoms with Gasteiger partial charge in [-0.1, -0.05) is 0 Å². The van der Waals surface area contributed by atoms with Gasteiger partial charge >= 0.3 is 35.8 Å². The molecule has 0 saturated heterocycles. The van der Waals surface area contributed by atoms with Gasteiger partial charge in [0.15, 0.2) is 34.5 Å². The van der Waals surface area contributed by atoms with Crippen LogP contribution in [0.15, 0.2) is 36.4 Å². The van der Waals surface area contributed by atoms with Gasteiger partial charge in [0, 0.05) is 41.5 Å². The normalized spacial score (nSPS) is 13.9. The molecule has 0 spiro atoms. The molecule has 528 valence electrons. The van der Waals surface area contributed by atoms with Crippen molar-refractivity contribution in [1.82, 2.24) is 31.9 Å². The average molecular weight is 1350 g/mol. The molecule has 0 aliphatic rings. The number of hydrogen-bond acceptors (Lipinski definition) is 24. The standard InChI is InChI=1S/C66H90N6O24/c1-31(73)67-49(55(79)91-61(7,8)9)85-43-25-37-38(26-44(43)86-50(68-32(2)74)56(80)92-62(10,11)12)40-28-46(88-52(70-34(4)76)58(82)94-64(16,17)18)48(90-54(72-36(6)78)60(84)96-66(22,23)24)30-42(40)41-29-47(89-53(71-35(5)77)59(83)95-65(19,20)21)45(27-39(37)41)87-51(69-33(3)75)57(81)93-63(13,14)15/h25-30,49-54H,1-24H3,(H,67,73)(H,68,74)(H,69,75)(H,70,76)(H,71,77)(H,72,78). The van der Waals surface area contributed by atoms with Gasteiger partial charge in [0.05, 0.1) is 0 Å². The predicted octanol–water partition coefficient (Wildman–Crippen LogP) is 6.24. The summed E-state index contributed by atoms with van der Waals surface area (Å²) in [5, 5.41) is 14.2. The molecule has 4 rings (SSSR count). The Morgan fingerprint density at radius 3 is 0.417 bits per heavy atom. The van der Waals surface area contributed by atoms with Crippen molar-refractivity contribution >= 4 is 104 Å². The lowest BCUT2D eigenvalue weighted by molar-refractivity contribution is -0.168. The van der Waals surface area contributed by atoms with Crippen molar-refractivity contribution in [2.75, 3.05) is 0 Å². The van der Waals surface area contributed by atoms with Gasteiger partial charge in [0.2, 0.25) is 35.4 Å². The molecule has 4 aromatic carbocycles. The lowest BCUT2D eigenvalue weighted by Gasteiger charge is -2.29. The van der Waals surface area contributed by atoms with Crippen LogP contribution in [-0.2, 0) is 86.0 Å².